The second-order valence-corrected chi connectivity index (χ2v) is 10.5. The maximum Gasteiger partial charge on any atom is 0.387 e. The van der Waals surface area contributed by atoms with Crippen LogP contribution >= 0.6 is 22.9 Å². The minimum atomic E-state index is -3.24. The lowest BCUT2D eigenvalue weighted by Crippen LogP contribution is -2.53. The van der Waals surface area contributed by atoms with Crippen LogP contribution in [0.15, 0.2) is 30.3 Å². The molecular formula is C24H25ClF4N4O5S. The van der Waals surface area contributed by atoms with Crippen molar-refractivity contribution in [1.82, 2.24) is 10.2 Å². The normalized spacial score (nSPS) is 16.6. The Morgan fingerprint density at radius 2 is 1.97 bits per heavy atom. The Bertz CT molecular complexity index is 1200. The summed E-state index contributed by atoms with van der Waals surface area (Å²) in [6.45, 7) is -4.01. The number of carbonyl (C=O) groups is 3. The van der Waals surface area contributed by atoms with E-state index in [1.807, 2.05) is 0 Å². The van der Waals surface area contributed by atoms with Gasteiger partial charge in [-0.05, 0) is 37.1 Å². The lowest BCUT2D eigenvalue weighted by molar-refractivity contribution is -0.125. The van der Waals surface area contributed by atoms with Crippen molar-refractivity contribution in [3.8, 4) is 5.75 Å². The quantitative estimate of drug-likeness (QED) is 0.364. The molecule has 15 heteroatoms. The molecule has 0 bridgehead atoms. The van der Waals surface area contributed by atoms with Crippen molar-refractivity contribution in [2.75, 3.05) is 43.1 Å². The summed E-state index contributed by atoms with van der Waals surface area (Å²) < 4.78 is 63.4. The summed E-state index contributed by atoms with van der Waals surface area (Å²) in [5.74, 6) is -2.14. The smallest absolute Gasteiger partial charge is 0.387 e. The largest absolute Gasteiger partial charge is 0.433 e. The number of amides is 3. The SMILES string of the molecule is O=C(NC[C@@H](C(=O)Nc1ccc(N2CCOCC2=O)cc1OC(F)F)N(CC(F)F)C1CC1)c1ccc(Cl)s1. The highest BCUT2D eigenvalue weighted by atomic mass is 35.5. The van der Waals surface area contributed by atoms with Crippen LogP contribution in [0.4, 0.5) is 28.9 Å². The van der Waals surface area contributed by atoms with Gasteiger partial charge in [-0.25, -0.2) is 8.78 Å². The molecule has 2 N–H and O–H groups in total. The van der Waals surface area contributed by atoms with Gasteiger partial charge in [-0.1, -0.05) is 11.6 Å². The van der Waals surface area contributed by atoms with Gasteiger partial charge in [0.15, 0.2) is 5.75 Å². The molecule has 1 aromatic heterocycles. The van der Waals surface area contributed by atoms with Gasteiger partial charge < -0.3 is 25.0 Å². The van der Waals surface area contributed by atoms with E-state index in [1.54, 1.807) is 0 Å². The number of anilines is 2. The maximum atomic E-state index is 13.4. The second kappa shape index (κ2) is 12.9. The van der Waals surface area contributed by atoms with Gasteiger partial charge in [-0.2, -0.15) is 8.78 Å². The topological polar surface area (TPSA) is 100 Å². The fraction of sp³-hybridized carbons (Fsp3) is 0.458. The molecule has 1 atom stereocenters. The lowest BCUT2D eigenvalue weighted by Gasteiger charge is -2.31. The number of morpholine rings is 1. The van der Waals surface area contributed by atoms with E-state index in [0.29, 0.717) is 17.2 Å². The first-order valence-corrected chi connectivity index (χ1v) is 13.2. The predicted molar refractivity (Wildman–Crippen MR) is 136 cm³/mol. The average Bonchev–Trinajstić information content (AvgIpc) is 3.63. The molecule has 1 saturated heterocycles. The van der Waals surface area contributed by atoms with E-state index >= 15 is 0 Å². The summed E-state index contributed by atoms with van der Waals surface area (Å²) >= 11 is 6.89. The summed E-state index contributed by atoms with van der Waals surface area (Å²) in [6.07, 6.45) is -1.57. The second-order valence-electron chi connectivity index (χ2n) is 8.79. The number of carbonyl (C=O) groups excluding carboxylic acids is 3. The number of thiophene rings is 1. The van der Waals surface area contributed by atoms with Crippen molar-refractivity contribution in [2.24, 2.45) is 0 Å². The van der Waals surface area contributed by atoms with Gasteiger partial charge in [0.25, 0.3) is 18.2 Å². The molecule has 0 spiro atoms. The first-order chi connectivity index (χ1) is 18.6. The molecule has 212 valence electrons. The van der Waals surface area contributed by atoms with Gasteiger partial charge in [0.05, 0.1) is 28.1 Å². The highest BCUT2D eigenvalue weighted by Gasteiger charge is 2.39. The minimum absolute atomic E-state index is 0.154. The van der Waals surface area contributed by atoms with Crippen LogP contribution in [0.2, 0.25) is 4.34 Å². The van der Waals surface area contributed by atoms with E-state index in [9.17, 15) is 31.9 Å². The van der Waals surface area contributed by atoms with Crippen molar-refractivity contribution in [3.63, 3.8) is 0 Å². The number of nitrogens with zero attached hydrogens (tertiary/aromatic N) is 2. The van der Waals surface area contributed by atoms with Crippen molar-refractivity contribution in [1.29, 1.82) is 0 Å². The van der Waals surface area contributed by atoms with Crippen LogP contribution in [0.1, 0.15) is 22.5 Å². The Kier molecular flexibility index (Phi) is 9.64. The molecule has 4 rings (SSSR count). The van der Waals surface area contributed by atoms with E-state index in [4.69, 9.17) is 16.3 Å². The number of hydrogen-bond acceptors (Lipinski definition) is 7. The van der Waals surface area contributed by atoms with E-state index < -0.39 is 43.2 Å². The number of alkyl halides is 4. The third-order valence-corrected chi connectivity index (χ3v) is 7.29. The highest BCUT2D eigenvalue weighted by Crippen LogP contribution is 2.34. The Hall–Kier alpha value is -2.94. The van der Waals surface area contributed by atoms with Crippen molar-refractivity contribution in [2.45, 2.75) is 38.0 Å². The maximum absolute atomic E-state index is 13.4. The summed E-state index contributed by atoms with van der Waals surface area (Å²) in [5.41, 5.74) is 0.103. The molecule has 9 nitrogen and oxygen atoms in total. The number of halogens is 5. The van der Waals surface area contributed by atoms with Gasteiger partial charge >= 0.3 is 6.61 Å². The van der Waals surface area contributed by atoms with Crippen molar-refractivity contribution >= 4 is 52.0 Å². The number of ether oxygens (including phenoxy) is 2. The fourth-order valence-electron chi connectivity index (χ4n) is 4.15. The summed E-state index contributed by atoms with van der Waals surface area (Å²) in [5, 5.41) is 5.06. The van der Waals surface area contributed by atoms with Crippen LogP contribution in [0.5, 0.6) is 5.75 Å². The molecule has 1 aliphatic heterocycles. The molecule has 1 saturated carbocycles. The molecule has 2 aromatic rings. The molecule has 1 aromatic carbocycles. The monoisotopic (exact) mass is 592 g/mol. The Morgan fingerprint density at radius 1 is 1.21 bits per heavy atom. The van der Waals surface area contributed by atoms with Crippen molar-refractivity contribution in [3.05, 3.63) is 39.5 Å². The van der Waals surface area contributed by atoms with Crippen LogP contribution < -0.4 is 20.3 Å². The molecule has 0 unspecified atom stereocenters. The minimum Gasteiger partial charge on any atom is -0.433 e. The van der Waals surface area contributed by atoms with Gasteiger partial charge in [0.1, 0.15) is 12.6 Å². The number of rotatable bonds is 12. The van der Waals surface area contributed by atoms with Gasteiger partial charge in [-0.3, -0.25) is 19.3 Å². The van der Waals surface area contributed by atoms with Gasteiger partial charge in [-0.15, -0.1) is 11.3 Å². The fourth-order valence-corrected chi connectivity index (χ4v) is 5.11. The summed E-state index contributed by atoms with van der Waals surface area (Å²) in [4.78, 5) is 41.1. The van der Waals surface area contributed by atoms with Crippen LogP contribution in [-0.2, 0) is 14.3 Å². The summed E-state index contributed by atoms with van der Waals surface area (Å²) in [7, 11) is 0. The first-order valence-electron chi connectivity index (χ1n) is 12.0. The number of hydrogen-bond donors (Lipinski definition) is 2. The zero-order chi connectivity index (χ0) is 28.1. The van der Waals surface area contributed by atoms with Crippen LogP contribution in [0, 0.1) is 0 Å². The molecule has 2 fully saturated rings. The van der Waals surface area contributed by atoms with Crippen LogP contribution in [-0.4, -0.2) is 80.6 Å². The van der Waals surface area contributed by atoms with E-state index in [-0.39, 0.29) is 54.5 Å². The zero-order valence-corrected chi connectivity index (χ0v) is 22.0. The Labute approximate surface area is 230 Å². The molecule has 3 amide bonds. The highest BCUT2D eigenvalue weighted by molar-refractivity contribution is 7.18. The standard InChI is InChI=1S/C24H25ClF4N4O5S/c25-19-6-5-18(39-19)23(36)30-10-16(33(11-20(26)27)13-1-2-13)22(35)31-15-4-3-14(9-17(15)38-24(28)29)32-7-8-37-12-21(32)34/h3-6,9,13,16,20,24H,1-2,7-8,10-12H2,(H,30,36)(H,31,35)/t16-/m0/s1. The number of benzene rings is 1. The Balaban J connectivity index is 1.56. The molecule has 1 aliphatic carbocycles. The average molecular weight is 593 g/mol. The van der Waals surface area contributed by atoms with E-state index in [1.165, 1.54) is 40.1 Å². The van der Waals surface area contributed by atoms with Crippen LogP contribution in [0.3, 0.4) is 0 Å². The van der Waals surface area contributed by atoms with Gasteiger partial charge in [0.2, 0.25) is 5.91 Å². The lowest BCUT2D eigenvalue weighted by atomic mass is 10.1. The molecule has 39 heavy (non-hydrogen) atoms. The summed E-state index contributed by atoms with van der Waals surface area (Å²) in [6, 6.07) is 5.37. The van der Waals surface area contributed by atoms with Crippen LogP contribution in [0.25, 0.3) is 0 Å². The molecule has 2 heterocycles. The molecular weight excluding hydrogens is 568 g/mol. The third-order valence-electron chi connectivity index (χ3n) is 6.06. The third kappa shape index (κ3) is 7.81. The zero-order valence-electron chi connectivity index (χ0n) is 20.4. The Morgan fingerprint density at radius 3 is 2.59 bits per heavy atom. The molecule has 2 aliphatic rings. The van der Waals surface area contributed by atoms with Gasteiger partial charge in [0, 0.05) is 30.9 Å². The van der Waals surface area contributed by atoms with E-state index in [2.05, 4.69) is 15.4 Å². The van der Waals surface area contributed by atoms with E-state index in [0.717, 1.165) is 11.3 Å². The first kappa shape index (κ1) is 29.1. The van der Waals surface area contributed by atoms with Crippen molar-refractivity contribution < 1.29 is 41.4 Å². The number of nitrogens with one attached hydrogen (secondary N) is 2. The molecule has 0 radical (unpaired) electrons. The predicted octanol–water partition coefficient (Wildman–Crippen LogP) is 3.83.